The number of hydrogen-bond acceptors (Lipinski definition) is 2. The van der Waals surface area contributed by atoms with E-state index in [-0.39, 0.29) is 5.04 Å². The van der Waals surface area contributed by atoms with Gasteiger partial charge in [-0.2, -0.15) is 0 Å². The van der Waals surface area contributed by atoms with Crippen LogP contribution in [0.2, 0.25) is 18.1 Å². The van der Waals surface area contributed by atoms with Gasteiger partial charge >= 0.3 is 5.97 Å². The first-order valence-electron chi connectivity index (χ1n) is 7.68. The van der Waals surface area contributed by atoms with Crippen molar-refractivity contribution in [2.45, 2.75) is 51.9 Å². The van der Waals surface area contributed by atoms with Crippen molar-refractivity contribution in [2.75, 3.05) is 0 Å². The van der Waals surface area contributed by atoms with Crippen LogP contribution in [-0.2, 0) is 9.22 Å². The molecule has 122 valence electrons. The first-order valence-corrected chi connectivity index (χ1v) is 10.6. The van der Waals surface area contributed by atoms with Gasteiger partial charge in [0.05, 0.1) is 12.0 Å². The van der Waals surface area contributed by atoms with Gasteiger partial charge in [0.2, 0.25) is 0 Å². The second-order valence-electron chi connectivity index (χ2n) is 7.24. The molecule has 1 rings (SSSR count). The zero-order chi connectivity index (χ0) is 17.0. The molecule has 0 spiro atoms. The Morgan fingerprint density at radius 3 is 2.23 bits per heavy atom. The maximum atomic E-state index is 11.4. The Labute approximate surface area is 135 Å². The lowest BCUT2D eigenvalue weighted by Gasteiger charge is -2.39. The predicted octanol–water partition coefficient (Wildman–Crippen LogP) is 4.81. The van der Waals surface area contributed by atoms with Crippen LogP contribution < -0.4 is 0 Å². The Kier molecular flexibility index (Phi) is 6.14. The molecule has 22 heavy (non-hydrogen) atoms. The second kappa shape index (κ2) is 7.25. The number of hydrogen-bond donors (Lipinski definition) is 1. The van der Waals surface area contributed by atoms with E-state index in [2.05, 4.69) is 33.9 Å². The molecule has 2 atom stereocenters. The predicted molar refractivity (Wildman–Crippen MR) is 94.3 cm³/mol. The quantitative estimate of drug-likeness (QED) is 0.765. The number of carboxylic acid groups (broad SMARTS) is 1. The van der Waals surface area contributed by atoms with Crippen LogP contribution in [0, 0.1) is 5.92 Å². The number of rotatable bonds is 6. The molecule has 3 nitrogen and oxygen atoms in total. The van der Waals surface area contributed by atoms with E-state index < -0.39 is 26.3 Å². The zero-order valence-corrected chi connectivity index (χ0v) is 15.5. The van der Waals surface area contributed by atoms with Gasteiger partial charge in [-0.05, 0) is 30.6 Å². The number of benzene rings is 1. The fraction of sp³-hybridized carbons (Fsp3) is 0.500. The molecule has 0 heterocycles. The van der Waals surface area contributed by atoms with Crippen molar-refractivity contribution >= 4 is 20.4 Å². The molecule has 0 unspecified atom stereocenters. The van der Waals surface area contributed by atoms with Gasteiger partial charge in [-0.3, -0.25) is 4.79 Å². The summed E-state index contributed by atoms with van der Waals surface area (Å²) >= 11 is 0. The molecule has 0 radical (unpaired) electrons. The molecule has 1 aromatic rings. The monoisotopic (exact) mass is 320 g/mol. The average Bonchev–Trinajstić information content (AvgIpc) is 2.42. The summed E-state index contributed by atoms with van der Waals surface area (Å²) in [5, 5.41) is 9.40. The maximum absolute atomic E-state index is 11.4. The highest BCUT2D eigenvalue weighted by atomic mass is 28.4. The van der Waals surface area contributed by atoms with Crippen LogP contribution in [0.5, 0.6) is 0 Å². The van der Waals surface area contributed by atoms with Crippen molar-refractivity contribution in [1.29, 1.82) is 0 Å². The summed E-state index contributed by atoms with van der Waals surface area (Å²) in [4.78, 5) is 11.4. The van der Waals surface area contributed by atoms with E-state index >= 15 is 0 Å². The molecule has 0 fully saturated rings. The normalized spacial score (nSPS) is 15.7. The van der Waals surface area contributed by atoms with E-state index in [0.717, 1.165) is 5.56 Å². The molecule has 0 bridgehead atoms. The third-order valence-corrected chi connectivity index (χ3v) is 8.87. The molecule has 0 aliphatic carbocycles. The molecule has 0 amide bonds. The van der Waals surface area contributed by atoms with Crippen molar-refractivity contribution in [1.82, 2.24) is 0 Å². The van der Waals surface area contributed by atoms with Gasteiger partial charge < -0.3 is 9.53 Å². The van der Waals surface area contributed by atoms with E-state index in [4.69, 9.17) is 4.43 Å². The van der Waals surface area contributed by atoms with Crippen LogP contribution in [0.4, 0.5) is 0 Å². The van der Waals surface area contributed by atoms with Crippen LogP contribution in [0.1, 0.15) is 33.3 Å². The van der Waals surface area contributed by atoms with Gasteiger partial charge in [-0.25, -0.2) is 0 Å². The van der Waals surface area contributed by atoms with E-state index in [1.807, 2.05) is 42.5 Å². The first kappa shape index (κ1) is 18.7. The van der Waals surface area contributed by atoms with Crippen LogP contribution in [-0.4, -0.2) is 25.5 Å². The fourth-order valence-corrected chi connectivity index (χ4v) is 3.05. The summed E-state index contributed by atoms with van der Waals surface area (Å²) < 4.78 is 6.32. The van der Waals surface area contributed by atoms with Crippen molar-refractivity contribution in [3.63, 3.8) is 0 Å². The molecule has 1 N–H and O–H groups in total. The van der Waals surface area contributed by atoms with Gasteiger partial charge in [0.25, 0.3) is 0 Å². The lowest BCUT2D eigenvalue weighted by molar-refractivity contribution is -0.143. The van der Waals surface area contributed by atoms with Gasteiger partial charge in [-0.1, -0.05) is 63.3 Å². The van der Waals surface area contributed by atoms with Gasteiger partial charge in [-0.15, -0.1) is 0 Å². The highest BCUT2D eigenvalue weighted by Crippen LogP contribution is 2.38. The topological polar surface area (TPSA) is 46.5 Å². The standard InChI is InChI=1S/C18H28O3Si/c1-14(17(19)20)16(21-22(5,6)18(2,3)4)13-12-15-10-8-7-9-11-15/h7-14,16H,1-6H3,(H,19,20)/b13-12+/t14-,16+/m1/s1. The minimum atomic E-state index is -2.03. The zero-order valence-electron chi connectivity index (χ0n) is 14.5. The summed E-state index contributed by atoms with van der Waals surface area (Å²) in [5.74, 6) is -1.41. The summed E-state index contributed by atoms with van der Waals surface area (Å²) in [6.07, 6.45) is 3.41. The van der Waals surface area contributed by atoms with Crippen molar-refractivity contribution in [2.24, 2.45) is 5.92 Å². The Bertz CT molecular complexity index is 515. The molecular weight excluding hydrogens is 292 g/mol. The van der Waals surface area contributed by atoms with Crippen molar-refractivity contribution in [3.05, 3.63) is 42.0 Å². The van der Waals surface area contributed by atoms with Gasteiger partial charge in [0.1, 0.15) is 0 Å². The first-order chi connectivity index (χ1) is 10.0. The van der Waals surface area contributed by atoms with Crippen LogP contribution in [0.25, 0.3) is 6.08 Å². The average molecular weight is 321 g/mol. The Morgan fingerprint density at radius 2 is 1.77 bits per heavy atom. The number of aliphatic carboxylic acids is 1. The second-order valence-corrected chi connectivity index (χ2v) is 12.0. The van der Waals surface area contributed by atoms with E-state index in [9.17, 15) is 9.90 Å². The molecule has 0 aliphatic heterocycles. The maximum Gasteiger partial charge on any atom is 0.309 e. The highest BCUT2D eigenvalue weighted by molar-refractivity contribution is 6.74. The molecule has 0 aliphatic rings. The molecule has 0 saturated heterocycles. The Balaban J connectivity index is 3.00. The van der Waals surface area contributed by atoms with Crippen molar-refractivity contribution < 1.29 is 14.3 Å². The summed E-state index contributed by atoms with van der Waals surface area (Å²) in [7, 11) is -2.03. The van der Waals surface area contributed by atoms with Crippen molar-refractivity contribution in [3.8, 4) is 0 Å². The SMILES string of the molecule is C[C@@H](C(=O)O)[C@H](/C=C/c1ccccc1)O[Si](C)(C)C(C)(C)C. The van der Waals surface area contributed by atoms with E-state index in [1.54, 1.807) is 6.92 Å². The minimum absolute atomic E-state index is 0.0457. The fourth-order valence-electron chi connectivity index (χ4n) is 1.74. The molecule has 1 aromatic carbocycles. The van der Waals surface area contributed by atoms with Crippen LogP contribution in [0.15, 0.2) is 36.4 Å². The van der Waals surface area contributed by atoms with Gasteiger partial charge in [0, 0.05) is 0 Å². The summed E-state index contributed by atoms with van der Waals surface area (Å²) in [5.41, 5.74) is 1.05. The molecule has 0 aromatic heterocycles. The third-order valence-electron chi connectivity index (χ3n) is 4.40. The highest BCUT2D eigenvalue weighted by Gasteiger charge is 2.40. The number of carbonyl (C=O) groups is 1. The number of carboxylic acids is 1. The summed E-state index contributed by atoms with van der Waals surface area (Å²) in [6, 6.07) is 9.87. The molecule has 4 heteroatoms. The Morgan fingerprint density at radius 1 is 1.23 bits per heavy atom. The third kappa shape index (κ3) is 5.11. The lowest BCUT2D eigenvalue weighted by Crippen LogP contribution is -2.46. The van der Waals surface area contributed by atoms with E-state index in [1.165, 1.54) is 0 Å². The van der Waals surface area contributed by atoms with Gasteiger partial charge in [0.15, 0.2) is 8.32 Å². The smallest absolute Gasteiger partial charge is 0.309 e. The van der Waals surface area contributed by atoms with Crippen LogP contribution in [0.3, 0.4) is 0 Å². The van der Waals surface area contributed by atoms with E-state index in [0.29, 0.717) is 0 Å². The molecule has 0 saturated carbocycles. The summed E-state index contributed by atoms with van der Waals surface area (Å²) in [6.45, 7) is 12.5. The lowest BCUT2D eigenvalue weighted by atomic mass is 10.0. The minimum Gasteiger partial charge on any atom is -0.481 e. The Hall–Kier alpha value is -1.39. The van der Waals surface area contributed by atoms with Crippen LogP contribution >= 0.6 is 0 Å². The molecular formula is C18H28O3Si. The largest absolute Gasteiger partial charge is 0.481 e.